The van der Waals surface area contributed by atoms with Crippen LogP contribution in [0.25, 0.3) is 0 Å². The van der Waals surface area contributed by atoms with Crippen molar-refractivity contribution in [3.63, 3.8) is 0 Å². The Labute approximate surface area is 104 Å². The van der Waals surface area contributed by atoms with Crippen molar-refractivity contribution >= 4 is 0 Å². The van der Waals surface area contributed by atoms with Gasteiger partial charge in [0.25, 0.3) is 0 Å². The zero-order valence-corrected chi connectivity index (χ0v) is 10.3. The molecule has 2 nitrogen and oxygen atoms in total. The highest BCUT2D eigenvalue weighted by atomic mass is 15.0. The summed E-state index contributed by atoms with van der Waals surface area (Å²) in [6.07, 6.45) is 6.28. The topological polar surface area (TPSA) is 38.0 Å². The minimum absolute atomic E-state index is 0.426. The number of nitrogens with two attached hydrogens (primary N) is 1. The molecule has 0 bridgehead atoms. The molecule has 2 aliphatic carbocycles. The fraction of sp³-hybridized carbons (Fsp3) is 0.600. The Morgan fingerprint density at radius 2 is 1.88 bits per heavy atom. The highest BCUT2D eigenvalue weighted by molar-refractivity contribution is 5.27. The Hall–Kier alpha value is -0.860. The lowest BCUT2D eigenvalue weighted by Crippen LogP contribution is -2.40. The van der Waals surface area contributed by atoms with Gasteiger partial charge < -0.3 is 11.1 Å². The van der Waals surface area contributed by atoms with Gasteiger partial charge in [-0.15, -0.1) is 0 Å². The average Bonchev–Trinajstić information content (AvgIpc) is 3.10. The molecule has 2 heteroatoms. The number of rotatable bonds is 3. The van der Waals surface area contributed by atoms with E-state index in [1.54, 1.807) is 0 Å². The third-order valence-corrected chi connectivity index (χ3v) is 4.18. The summed E-state index contributed by atoms with van der Waals surface area (Å²) < 4.78 is 0. The lowest BCUT2D eigenvalue weighted by atomic mass is 9.91. The molecule has 2 fully saturated rings. The first-order valence-corrected chi connectivity index (χ1v) is 6.89. The van der Waals surface area contributed by atoms with Gasteiger partial charge in [0.2, 0.25) is 0 Å². The fourth-order valence-electron chi connectivity index (χ4n) is 3.13. The number of benzene rings is 1. The molecule has 0 spiro atoms. The summed E-state index contributed by atoms with van der Waals surface area (Å²) in [7, 11) is 0. The maximum Gasteiger partial charge on any atom is 0.0145 e. The van der Waals surface area contributed by atoms with Crippen LogP contribution in [0, 0.1) is 0 Å². The van der Waals surface area contributed by atoms with E-state index in [0.29, 0.717) is 18.1 Å². The molecular formula is C15H22N2. The van der Waals surface area contributed by atoms with Crippen molar-refractivity contribution in [1.82, 2.24) is 5.32 Å². The van der Waals surface area contributed by atoms with Crippen LogP contribution in [0.3, 0.4) is 0 Å². The molecule has 2 aliphatic rings. The Balaban J connectivity index is 1.52. The number of hydrogen-bond acceptors (Lipinski definition) is 2. The predicted octanol–water partition coefficient (Wildman–Crippen LogP) is 2.40. The molecule has 0 saturated heterocycles. The molecule has 1 aromatic carbocycles. The van der Waals surface area contributed by atoms with E-state index in [2.05, 4.69) is 35.6 Å². The molecule has 0 heterocycles. The van der Waals surface area contributed by atoms with Crippen molar-refractivity contribution in [2.75, 3.05) is 0 Å². The van der Waals surface area contributed by atoms with Crippen LogP contribution in [0.4, 0.5) is 0 Å². The Kier molecular flexibility index (Phi) is 3.17. The molecule has 0 aromatic heterocycles. The molecule has 3 N–H and O–H groups in total. The third kappa shape index (κ3) is 2.70. The fourth-order valence-corrected chi connectivity index (χ4v) is 3.13. The van der Waals surface area contributed by atoms with Crippen LogP contribution in [0.5, 0.6) is 0 Å². The molecule has 17 heavy (non-hydrogen) atoms. The van der Waals surface area contributed by atoms with Crippen molar-refractivity contribution < 1.29 is 0 Å². The van der Waals surface area contributed by atoms with Crippen molar-refractivity contribution in [3.05, 3.63) is 35.9 Å². The second kappa shape index (κ2) is 4.79. The summed E-state index contributed by atoms with van der Waals surface area (Å²) in [5, 5.41) is 3.79. The smallest absolute Gasteiger partial charge is 0.0145 e. The molecule has 0 amide bonds. The zero-order chi connectivity index (χ0) is 11.7. The van der Waals surface area contributed by atoms with E-state index < -0.39 is 0 Å². The third-order valence-electron chi connectivity index (χ3n) is 4.18. The second-order valence-electron chi connectivity index (χ2n) is 5.65. The van der Waals surface area contributed by atoms with E-state index in [4.69, 9.17) is 5.73 Å². The first kappa shape index (κ1) is 11.2. The van der Waals surface area contributed by atoms with Crippen molar-refractivity contribution in [1.29, 1.82) is 0 Å². The van der Waals surface area contributed by atoms with Crippen LogP contribution in [0.1, 0.15) is 43.6 Å². The molecular weight excluding hydrogens is 208 g/mol. The molecule has 4 atom stereocenters. The van der Waals surface area contributed by atoms with E-state index in [0.717, 1.165) is 12.3 Å². The predicted molar refractivity (Wildman–Crippen MR) is 71.0 cm³/mol. The van der Waals surface area contributed by atoms with Gasteiger partial charge in [-0.05, 0) is 31.2 Å². The Morgan fingerprint density at radius 1 is 1.06 bits per heavy atom. The first-order chi connectivity index (χ1) is 8.33. The summed E-state index contributed by atoms with van der Waals surface area (Å²) in [5.41, 5.74) is 7.52. The summed E-state index contributed by atoms with van der Waals surface area (Å²) >= 11 is 0. The minimum Gasteiger partial charge on any atom is -0.328 e. The van der Waals surface area contributed by atoms with E-state index in [1.807, 2.05) is 0 Å². The zero-order valence-electron chi connectivity index (χ0n) is 10.3. The second-order valence-corrected chi connectivity index (χ2v) is 5.65. The van der Waals surface area contributed by atoms with Gasteiger partial charge >= 0.3 is 0 Å². The molecule has 0 radical (unpaired) electrons. The van der Waals surface area contributed by atoms with E-state index in [1.165, 1.54) is 31.2 Å². The molecule has 2 saturated carbocycles. The maximum absolute atomic E-state index is 6.03. The van der Waals surface area contributed by atoms with Crippen LogP contribution in [0.2, 0.25) is 0 Å². The van der Waals surface area contributed by atoms with Crippen LogP contribution >= 0.6 is 0 Å². The van der Waals surface area contributed by atoms with E-state index in [-0.39, 0.29) is 0 Å². The maximum atomic E-state index is 6.03. The van der Waals surface area contributed by atoms with Crippen LogP contribution in [-0.4, -0.2) is 18.1 Å². The molecule has 4 unspecified atom stereocenters. The van der Waals surface area contributed by atoms with Gasteiger partial charge in [-0.25, -0.2) is 0 Å². The van der Waals surface area contributed by atoms with Crippen LogP contribution in [-0.2, 0) is 0 Å². The monoisotopic (exact) mass is 230 g/mol. The number of hydrogen-bond donors (Lipinski definition) is 2. The van der Waals surface area contributed by atoms with Gasteiger partial charge in [-0.2, -0.15) is 0 Å². The summed E-state index contributed by atoms with van der Waals surface area (Å²) in [6, 6.07) is 12.7. The average molecular weight is 230 g/mol. The highest BCUT2D eigenvalue weighted by Crippen LogP contribution is 2.41. The van der Waals surface area contributed by atoms with Crippen molar-refractivity contribution in [3.8, 4) is 0 Å². The standard InChI is InChI=1S/C15H22N2/c16-12-7-4-8-13(9-12)17-15-10-14(15)11-5-2-1-3-6-11/h1-3,5-6,12-15,17H,4,7-10,16H2. The molecule has 0 aliphatic heterocycles. The van der Waals surface area contributed by atoms with Gasteiger partial charge in [0, 0.05) is 24.0 Å². The van der Waals surface area contributed by atoms with Crippen molar-refractivity contribution in [2.45, 2.75) is 56.1 Å². The largest absolute Gasteiger partial charge is 0.328 e. The lowest BCUT2D eigenvalue weighted by Gasteiger charge is -2.27. The van der Waals surface area contributed by atoms with Crippen LogP contribution < -0.4 is 11.1 Å². The van der Waals surface area contributed by atoms with Gasteiger partial charge in [-0.3, -0.25) is 0 Å². The lowest BCUT2D eigenvalue weighted by molar-refractivity contribution is 0.336. The van der Waals surface area contributed by atoms with Gasteiger partial charge in [-0.1, -0.05) is 36.8 Å². The Bertz CT molecular complexity index is 362. The number of nitrogens with one attached hydrogen (secondary N) is 1. The highest BCUT2D eigenvalue weighted by Gasteiger charge is 2.39. The van der Waals surface area contributed by atoms with Crippen LogP contribution in [0.15, 0.2) is 30.3 Å². The van der Waals surface area contributed by atoms with Crippen molar-refractivity contribution in [2.24, 2.45) is 5.73 Å². The van der Waals surface area contributed by atoms with Gasteiger partial charge in [0.15, 0.2) is 0 Å². The molecule has 3 rings (SSSR count). The summed E-state index contributed by atoms with van der Waals surface area (Å²) in [4.78, 5) is 0. The van der Waals surface area contributed by atoms with Gasteiger partial charge in [0.1, 0.15) is 0 Å². The molecule has 1 aromatic rings. The summed E-state index contributed by atoms with van der Waals surface area (Å²) in [5.74, 6) is 0.745. The SMILES string of the molecule is NC1CCCC(NC2CC2c2ccccc2)C1. The Morgan fingerprint density at radius 3 is 2.65 bits per heavy atom. The van der Waals surface area contributed by atoms with Gasteiger partial charge in [0.05, 0.1) is 0 Å². The summed E-state index contributed by atoms with van der Waals surface area (Å²) in [6.45, 7) is 0. The minimum atomic E-state index is 0.426. The van der Waals surface area contributed by atoms with E-state index >= 15 is 0 Å². The normalized spacial score (nSPS) is 36.8. The first-order valence-electron chi connectivity index (χ1n) is 6.89. The van der Waals surface area contributed by atoms with E-state index in [9.17, 15) is 0 Å². The molecule has 92 valence electrons. The quantitative estimate of drug-likeness (QED) is 0.837.